The van der Waals surface area contributed by atoms with Crippen molar-refractivity contribution in [1.29, 1.82) is 0 Å². The highest BCUT2D eigenvalue weighted by Gasteiger charge is 2.08. The second-order valence-electron chi connectivity index (χ2n) is 3.29. The van der Waals surface area contributed by atoms with Crippen molar-refractivity contribution < 1.29 is 0 Å². The van der Waals surface area contributed by atoms with E-state index < -0.39 is 0 Å². The van der Waals surface area contributed by atoms with Crippen molar-refractivity contribution in [3.63, 3.8) is 0 Å². The number of rotatable bonds is 5. The van der Waals surface area contributed by atoms with Crippen LogP contribution in [0, 0.1) is 0 Å². The molecule has 10 heavy (non-hydrogen) atoms. The predicted molar refractivity (Wildman–Crippen MR) is 50.5 cm³/mol. The first-order chi connectivity index (χ1) is 4.56. The van der Waals surface area contributed by atoms with Crippen LogP contribution < -0.4 is 5.73 Å². The van der Waals surface area contributed by atoms with Gasteiger partial charge in [-0.25, -0.2) is 0 Å². The van der Waals surface area contributed by atoms with E-state index in [0.717, 1.165) is 6.42 Å². The molecular weight excluding hydrogens is 142 g/mol. The summed E-state index contributed by atoms with van der Waals surface area (Å²) in [5.41, 5.74) is 5.84. The van der Waals surface area contributed by atoms with Crippen LogP contribution in [0.5, 0.6) is 0 Å². The normalized spacial score (nSPS) is 12.0. The zero-order valence-electron chi connectivity index (χ0n) is 7.31. The Hall–Kier alpha value is 0.310. The van der Waals surface area contributed by atoms with Gasteiger partial charge in [0, 0.05) is 5.54 Å². The van der Waals surface area contributed by atoms with Crippen molar-refractivity contribution in [1.82, 2.24) is 0 Å². The van der Waals surface area contributed by atoms with Gasteiger partial charge in [-0.15, -0.1) is 0 Å². The summed E-state index contributed by atoms with van der Waals surface area (Å²) in [5.74, 6) is 2.49. The van der Waals surface area contributed by atoms with E-state index in [1.54, 1.807) is 0 Å². The van der Waals surface area contributed by atoms with E-state index in [1.165, 1.54) is 17.9 Å². The zero-order valence-corrected chi connectivity index (χ0v) is 8.13. The van der Waals surface area contributed by atoms with E-state index >= 15 is 0 Å². The SMILES string of the molecule is CCSCCCC(C)(C)N. The van der Waals surface area contributed by atoms with Crippen LogP contribution in [-0.2, 0) is 0 Å². The maximum atomic E-state index is 5.81. The average molecular weight is 161 g/mol. The van der Waals surface area contributed by atoms with E-state index in [2.05, 4.69) is 20.8 Å². The average Bonchev–Trinajstić information content (AvgIpc) is 1.78. The molecule has 0 heterocycles. The zero-order chi connectivity index (χ0) is 8.04. The first-order valence-corrected chi connectivity index (χ1v) is 5.08. The molecule has 0 radical (unpaired) electrons. The lowest BCUT2D eigenvalue weighted by atomic mass is 10.0. The third kappa shape index (κ3) is 8.31. The molecule has 2 N–H and O–H groups in total. The van der Waals surface area contributed by atoms with Crippen molar-refractivity contribution in [3.05, 3.63) is 0 Å². The summed E-state index contributed by atoms with van der Waals surface area (Å²) in [5, 5.41) is 0. The second-order valence-corrected chi connectivity index (χ2v) is 4.68. The molecule has 0 unspecified atom stereocenters. The molecule has 0 amide bonds. The molecule has 0 saturated carbocycles. The van der Waals surface area contributed by atoms with Crippen LogP contribution in [0.1, 0.15) is 33.6 Å². The van der Waals surface area contributed by atoms with E-state index in [1.807, 2.05) is 11.8 Å². The highest BCUT2D eigenvalue weighted by atomic mass is 32.2. The summed E-state index contributed by atoms with van der Waals surface area (Å²) in [6, 6.07) is 0. The maximum Gasteiger partial charge on any atom is 0.00973 e. The van der Waals surface area contributed by atoms with E-state index in [-0.39, 0.29) is 5.54 Å². The van der Waals surface area contributed by atoms with Crippen molar-refractivity contribution in [3.8, 4) is 0 Å². The van der Waals surface area contributed by atoms with Crippen molar-refractivity contribution in [2.24, 2.45) is 5.73 Å². The summed E-state index contributed by atoms with van der Waals surface area (Å²) >= 11 is 1.99. The number of thioether (sulfide) groups is 1. The molecule has 0 aliphatic rings. The molecule has 0 fully saturated rings. The molecule has 0 aromatic heterocycles. The van der Waals surface area contributed by atoms with Crippen molar-refractivity contribution in [2.75, 3.05) is 11.5 Å². The summed E-state index contributed by atoms with van der Waals surface area (Å²) in [7, 11) is 0. The van der Waals surface area contributed by atoms with Gasteiger partial charge in [0.05, 0.1) is 0 Å². The Morgan fingerprint density at radius 2 is 2.00 bits per heavy atom. The highest BCUT2D eigenvalue weighted by molar-refractivity contribution is 7.99. The van der Waals surface area contributed by atoms with Crippen LogP contribution in [0.25, 0.3) is 0 Å². The van der Waals surface area contributed by atoms with E-state index in [9.17, 15) is 0 Å². The number of nitrogens with two attached hydrogens (primary N) is 1. The second kappa shape index (κ2) is 5.03. The molecule has 1 nitrogen and oxygen atoms in total. The Morgan fingerprint density at radius 1 is 1.40 bits per heavy atom. The van der Waals surface area contributed by atoms with Gasteiger partial charge in [0.25, 0.3) is 0 Å². The lowest BCUT2D eigenvalue weighted by Crippen LogP contribution is -2.31. The van der Waals surface area contributed by atoms with Gasteiger partial charge < -0.3 is 5.73 Å². The molecule has 0 saturated heterocycles. The summed E-state index contributed by atoms with van der Waals surface area (Å²) in [6.07, 6.45) is 2.39. The highest BCUT2D eigenvalue weighted by Crippen LogP contribution is 2.10. The molecule has 0 aromatic carbocycles. The minimum atomic E-state index is 0.0360. The van der Waals surface area contributed by atoms with Crippen LogP contribution in [0.15, 0.2) is 0 Å². The lowest BCUT2D eigenvalue weighted by molar-refractivity contribution is 0.472. The fraction of sp³-hybridized carbons (Fsp3) is 1.00. The van der Waals surface area contributed by atoms with Gasteiger partial charge in [0.2, 0.25) is 0 Å². The molecule has 0 rings (SSSR count). The molecule has 0 aliphatic carbocycles. The molecule has 0 atom stereocenters. The summed E-state index contributed by atoms with van der Waals surface area (Å²) in [6.45, 7) is 6.37. The summed E-state index contributed by atoms with van der Waals surface area (Å²) in [4.78, 5) is 0. The summed E-state index contributed by atoms with van der Waals surface area (Å²) < 4.78 is 0. The smallest absolute Gasteiger partial charge is 0.00973 e. The number of hydrogen-bond donors (Lipinski definition) is 1. The monoisotopic (exact) mass is 161 g/mol. The third-order valence-corrected chi connectivity index (χ3v) is 2.30. The van der Waals surface area contributed by atoms with Crippen LogP contribution in [0.2, 0.25) is 0 Å². The number of hydrogen-bond acceptors (Lipinski definition) is 2. The molecule has 0 aliphatic heterocycles. The first-order valence-electron chi connectivity index (χ1n) is 3.93. The molecule has 62 valence electrons. The Kier molecular flexibility index (Phi) is 5.18. The molecule has 2 heteroatoms. The minimum Gasteiger partial charge on any atom is -0.326 e. The topological polar surface area (TPSA) is 26.0 Å². The van der Waals surface area contributed by atoms with E-state index in [4.69, 9.17) is 5.73 Å². The standard InChI is InChI=1S/C8H19NS/c1-4-10-7-5-6-8(2,3)9/h4-7,9H2,1-3H3. The van der Waals surface area contributed by atoms with Gasteiger partial charge in [-0.3, -0.25) is 0 Å². The minimum absolute atomic E-state index is 0.0360. The molecule has 0 aromatic rings. The third-order valence-electron chi connectivity index (χ3n) is 1.31. The van der Waals surface area contributed by atoms with Gasteiger partial charge in [0.1, 0.15) is 0 Å². The van der Waals surface area contributed by atoms with Crippen LogP contribution in [-0.4, -0.2) is 17.0 Å². The van der Waals surface area contributed by atoms with Crippen LogP contribution >= 0.6 is 11.8 Å². The Bertz CT molecular complexity index is 75.8. The van der Waals surface area contributed by atoms with Gasteiger partial charge in [-0.05, 0) is 38.2 Å². The quantitative estimate of drug-likeness (QED) is 0.626. The van der Waals surface area contributed by atoms with Gasteiger partial charge in [-0.2, -0.15) is 11.8 Å². The van der Waals surface area contributed by atoms with Gasteiger partial charge in [-0.1, -0.05) is 6.92 Å². The van der Waals surface area contributed by atoms with Crippen molar-refractivity contribution >= 4 is 11.8 Å². The Labute approximate surface area is 68.8 Å². The largest absolute Gasteiger partial charge is 0.326 e. The van der Waals surface area contributed by atoms with Gasteiger partial charge >= 0.3 is 0 Å². The predicted octanol–water partition coefficient (Wildman–Crippen LogP) is 2.26. The Morgan fingerprint density at radius 3 is 2.40 bits per heavy atom. The molecular formula is C8H19NS. The van der Waals surface area contributed by atoms with E-state index in [0.29, 0.717) is 0 Å². The Balaban J connectivity index is 3.04. The van der Waals surface area contributed by atoms with Crippen LogP contribution in [0.3, 0.4) is 0 Å². The van der Waals surface area contributed by atoms with Crippen molar-refractivity contribution in [2.45, 2.75) is 39.2 Å². The van der Waals surface area contributed by atoms with Crippen LogP contribution in [0.4, 0.5) is 0 Å². The molecule has 0 bridgehead atoms. The lowest BCUT2D eigenvalue weighted by Gasteiger charge is -2.17. The maximum absolute atomic E-state index is 5.81. The fourth-order valence-corrected chi connectivity index (χ4v) is 1.41. The molecule has 0 spiro atoms. The first kappa shape index (κ1) is 10.3. The van der Waals surface area contributed by atoms with Gasteiger partial charge in [0.15, 0.2) is 0 Å². The fourth-order valence-electron chi connectivity index (χ4n) is 0.774.